The number of carboxylic acids is 1. The normalized spacial score (nSPS) is 13.7. The van der Waals surface area contributed by atoms with Gasteiger partial charge in [0.25, 0.3) is 6.47 Å². The van der Waals surface area contributed by atoms with Gasteiger partial charge < -0.3 is 19.3 Å². The van der Waals surface area contributed by atoms with Crippen LogP contribution in [0.15, 0.2) is 176 Å². The number of aliphatic carboxylic acids is 1. The highest BCUT2D eigenvalue weighted by Crippen LogP contribution is 2.55. The number of nitrogens with zero attached hydrogens (tertiary/aromatic N) is 2. The van der Waals surface area contributed by atoms with E-state index in [0.717, 1.165) is 101 Å². The van der Waals surface area contributed by atoms with Crippen molar-refractivity contribution in [2.75, 3.05) is 11.5 Å². The molecule has 9 aromatic rings. The monoisotopic (exact) mass is 1070 g/mol. The van der Waals surface area contributed by atoms with Gasteiger partial charge in [-0.25, -0.2) is 0 Å². The highest BCUT2D eigenvalue weighted by molar-refractivity contribution is 6.10. The summed E-state index contributed by atoms with van der Waals surface area (Å²) in [7, 11) is 0. The van der Waals surface area contributed by atoms with E-state index >= 15 is 0 Å². The third-order valence-electron chi connectivity index (χ3n) is 17.4. The SMILES string of the molecule is CCCCCCc1ccc(-n2c3ccccc3c3ccc(-c4ccc(N(c5ccc(-c6ccc7c(c6)C(CCCCCCCOC=O)(CCCCCCCC(=O)O)c6cc(C)ccc6-7)cc5)c5ccc(C(C)C)cc5)cc4)cc32)cc1. The number of benzene rings is 8. The zero-order valence-corrected chi connectivity index (χ0v) is 48.4. The zero-order chi connectivity index (χ0) is 56.1. The maximum atomic E-state index is 11.2. The first-order valence-electron chi connectivity index (χ1n) is 30.4. The molecule has 8 aromatic carbocycles. The van der Waals surface area contributed by atoms with Crippen LogP contribution in [-0.4, -0.2) is 28.7 Å². The summed E-state index contributed by atoms with van der Waals surface area (Å²) >= 11 is 0. The Bertz CT molecular complexity index is 3540. The Labute approximate surface area is 481 Å². The average Bonchev–Trinajstić information content (AvgIpc) is 3.87. The van der Waals surface area contributed by atoms with Crippen molar-refractivity contribution in [1.82, 2.24) is 4.57 Å². The number of unbranched alkanes of at least 4 members (excludes halogenated alkanes) is 11. The number of carbonyl (C=O) groups is 2. The van der Waals surface area contributed by atoms with Gasteiger partial charge in [-0.3, -0.25) is 9.59 Å². The maximum absolute atomic E-state index is 11.2. The van der Waals surface area contributed by atoms with E-state index in [4.69, 9.17) is 4.74 Å². The summed E-state index contributed by atoms with van der Waals surface area (Å²) in [4.78, 5) is 24.4. The van der Waals surface area contributed by atoms with Crippen LogP contribution in [0, 0.1) is 6.92 Å². The molecule has 1 heterocycles. The van der Waals surface area contributed by atoms with Gasteiger partial charge in [0.2, 0.25) is 0 Å². The first-order chi connectivity index (χ1) is 39.6. The lowest BCUT2D eigenvalue weighted by Gasteiger charge is -2.33. The van der Waals surface area contributed by atoms with Crippen molar-refractivity contribution < 1.29 is 19.4 Å². The number of fused-ring (bicyclic) bond motifs is 6. The number of carbonyl (C=O) groups excluding carboxylic acids is 1. The van der Waals surface area contributed by atoms with Crippen molar-refractivity contribution in [3.63, 3.8) is 0 Å². The summed E-state index contributed by atoms with van der Waals surface area (Å²) in [5.41, 5.74) is 21.2. The van der Waals surface area contributed by atoms with E-state index < -0.39 is 5.97 Å². The number of hydrogen-bond donors (Lipinski definition) is 1. The smallest absolute Gasteiger partial charge is 0.303 e. The lowest BCUT2D eigenvalue weighted by molar-refractivity contribution is -0.137. The van der Waals surface area contributed by atoms with Crippen LogP contribution in [0.3, 0.4) is 0 Å². The minimum absolute atomic E-state index is 0.122. The second-order valence-corrected chi connectivity index (χ2v) is 23.3. The van der Waals surface area contributed by atoms with Gasteiger partial charge >= 0.3 is 5.97 Å². The summed E-state index contributed by atoms with van der Waals surface area (Å²) in [5, 5.41) is 11.8. The van der Waals surface area contributed by atoms with Crippen LogP contribution < -0.4 is 4.90 Å². The summed E-state index contributed by atoms with van der Waals surface area (Å²) < 4.78 is 7.42. The van der Waals surface area contributed by atoms with E-state index in [1.807, 2.05) is 0 Å². The highest BCUT2D eigenvalue weighted by Gasteiger charge is 2.42. The van der Waals surface area contributed by atoms with Crippen LogP contribution in [0.5, 0.6) is 0 Å². The molecule has 0 saturated heterocycles. The molecule has 416 valence electrons. The molecule has 6 heteroatoms. The fourth-order valence-corrected chi connectivity index (χ4v) is 12.9. The standard InChI is InChI=1S/C75H82N2O4/c1-5-6-7-14-21-56-26-36-65(37-27-56)77-72-23-17-16-22-68(72)69-46-35-61(52-73(69)77)59-32-42-64(43-33-59)76(62-38-28-57(29-39-62)54(2)3)63-40-30-58(31-41-63)60-34-45-67-66-44-25-55(4)50-70(66)75(71(67)51-60,47-18-11-8-10-15-24-74(79)80)48-19-12-9-13-20-49-81-53-78/h16-17,22-23,25-46,50-54H,5-15,18-21,24,47-49H2,1-4H3,(H,79,80). The van der Waals surface area contributed by atoms with Crippen LogP contribution in [0.2, 0.25) is 0 Å². The van der Waals surface area contributed by atoms with E-state index in [2.05, 4.69) is 213 Å². The van der Waals surface area contributed by atoms with Gasteiger partial charge in [-0.05, 0) is 174 Å². The van der Waals surface area contributed by atoms with E-state index in [1.165, 1.54) is 114 Å². The molecule has 0 amide bonds. The number of hydrogen-bond acceptors (Lipinski definition) is 4. The first-order valence-corrected chi connectivity index (χ1v) is 30.4. The van der Waals surface area contributed by atoms with Gasteiger partial charge in [0.15, 0.2) is 0 Å². The predicted octanol–water partition coefficient (Wildman–Crippen LogP) is 20.7. The Morgan fingerprint density at radius 3 is 1.74 bits per heavy atom. The lowest BCUT2D eigenvalue weighted by atomic mass is 9.70. The third-order valence-corrected chi connectivity index (χ3v) is 17.4. The zero-order valence-electron chi connectivity index (χ0n) is 48.4. The first kappa shape index (κ1) is 56.6. The molecular formula is C75H82N2O4. The van der Waals surface area contributed by atoms with Gasteiger partial charge in [-0.1, -0.05) is 206 Å². The Kier molecular flexibility index (Phi) is 18.7. The van der Waals surface area contributed by atoms with Gasteiger partial charge in [-0.15, -0.1) is 0 Å². The van der Waals surface area contributed by atoms with Gasteiger partial charge in [0, 0.05) is 45.4 Å². The highest BCUT2D eigenvalue weighted by atomic mass is 16.5. The van der Waals surface area contributed by atoms with Gasteiger partial charge in [-0.2, -0.15) is 0 Å². The second kappa shape index (κ2) is 26.7. The Morgan fingerprint density at radius 1 is 0.556 bits per heavy atom. The van der Waals surface area contributed by atoms with E-state index in [0.29, 0.717) is 19.0 Å². The number of aryl methyl sites for hydroxylation is 2. The number of para-hydroxylation sites is 1. The minimum Gasteiger partial charge on any atom is -0.481 e. The summed E-state index contributed by atoms with van der Waals surface area (Å²) in [6.07, 6.45) is 18.8. The lowest BCUT2D eigenvalue weighted by Crippen LogP contribution is -2.25. The van der Waals surface area contributed by atoms with Crippen molar-refractivity contribution in [2.24, 2.45) is 0 Å². The number of anilines is 3. The van der Waals surface area contributed by atoms with E-state index in [1.54, 1.807) is 0 Å². The van der Waals surface area contributed by atoms with Crippen molar-refractivity contribution in [2.45, 2.75) is 155 Å². The molecule has 1 N–H and O–H groups in total. The molecule has 1 unspecified atom stereocenters. The fraction of sp³-hybridized carbons (Fsp3) is 0.333. The predicted molar refractivity (Wildman–Crippen MR) is 339 cm³/mol. The molecule has 1 atom stereocenters. The van der Waals surface area contributed by atoms with E-state index in [-0.39, 0.29) is 11.8 Å². The molecule has 1 aliphatic carbocycles. The topological polar surface area (TPSA) is 71.8 Å². The van der Waals surface area contributed by atoms with Crippen LogP contribution in [0.25, 0.3) is 60.9 Å². The number of ether oxygens (including phenoxy) is 1. The summed E-state index contributed by atoms with van der Waals surface area (Å²) in [6, 6.07) is 66.6. The molecule has 1 aliphatic rings. The summed E-state index contributed by atoms with van der Waals surface area (Å²) in [5.74, 6) is -0.277. The quantitative estimate of drug-likeness (QED) is 0.0374. The Morgan fingerprint density at radius 2 is 1.10 bits per heavy atom. The molecule has 0 radical (unpaired) electrons. The van der Waals surface area contributed by atoms with Crippen molar-refractivity contribution >= 4 is 51.3 Å². The molecule has 0 fully saturated rings. The van der Waals surface area contributed by atoms with E-state index in [9.17, 15) is 14.7 Å². The van der Waals surface area contributed by atoms with Crippen molar-refractivity contribution in [1.29, 1.82) is 0 Å². The molecule has 0 spiro atoms. The van der Waals surface area contributed by atoms with Crippen LogP contribution in [0.4, 0.5) is 17.1 Å². The van der Waals surface area contributed by atoms with Crippen molar-refractivity contribution in [3.05, 3.63) is 204 Å². The largest absolute Gasteiger partial charge is 0.481 e. The Balaban J connectivity index is 0.950. The molecule has 0 saturated carbocycles. The fourth-order valence-electron chi connectivity index (χ4n) is 12.9. The number of rotatable bonds is 29. The van der Waals surface area contributed by atoms with Gasteiger partial charge in [0.05, 0.1) is 17.6 Å². The molecular weight excluding hydrogens is 993 g/mol. The molecule has 6 nitrogen and oxygen atoms in total. The summed E-state index contributed by atoms with van der Waals surface area (Å²) in [6.45, 7) is 10.0. The van der Waals surface area contributed by atoms with Crippen LogP contribution >= 0.6 is 0 Å². The molecule has 0 aliphatic heterocycles. The minimum atomic E-state index is -0.708. The number of aromatic nitrogens is 1. The van der Waals surface area contributed by atoms with Crippen LogP contribution in [0.1, 0.15) is 164 Å². The van der Waals surface area contributed by atoms with Crippen molar-refractivity contribution in [3.8, 4) is 39.1 Å². The third kappa shape index (κ3) is 12.9. The second-order valence-electron chi connectivity index (χ2n) is 23.3. The van der Waals surface area contributed by atoms with Gasteiger partial charge in [0.1, 0.15) is 0 Å². The number of carboxylic acid groups (broad SMARTS) is 1. The molecule has 1 aromatic heterocycles. The molecule has 10 rings (SSSR count). The molecule has 81 heavy (non-hydrogen) atoms. The average molecular weight is 1080 g/mol. The van der Waals surface area contributed by atoms with Crippen LogP contribution in [-0.2, 0) is 26.2 Å². The maximum Gasteiger partial charge on any atom is 0.303 e. The molecule has 0 bridgehead atoms. The Hall–Kier alpha value is -7.70.